The Balaban J connectivity index is 1.63. The Kier molecular flexibility index (Phi) is 3.58. The van der Waals surface area contributed by atoms with Gasteiger partial charge in [-0.25, -0.2) is 14.5 Å². The van der Waals surface area contributed by atoms with Crippen LogP contribution in [0.25, 0.3) is 39.5 Å². The van der Waals surface area contributed by atoms with Crippen molar-refractivity contribution in [2.24, 2.45) is 0 Å². The van der Waals surface area contributed by atoms with E-state index in [1.54, 1.807) is 0 Å². The fourth-order valence-corrected chi connectivity index (χ4v) is 3.53. The fraction of sp³-hybridized carbons (Fsp3) is 0.100. The van der Waals surface area contributed by atoms with Gasteiger partial charge in [-0.3, -0.25) is 4.98 Å². The molecule has 0 bridgehead atoms. The molecular formula is C20H15BrN6. The van der Waals surface area contributed by atoms with Gasteiger partial charge in [-0.1, -0.05) is 28.1 Å². The number of hydrogen-bond acceptors (Lipinski definition) is 4. The zero-order chi connectivity index (χ0) is 18.5. The van der Waals surface area contributed by atoms with Crippen molar-refractivity contribution >= 4 is 32.6 Å². The van der Waals surface area contributed by atoms with Crippen molar-refractivity contribution in [1.82, 2.24) is 29.5 Å². The number of nitrogens with zero attached hydrogens (tertiary/aromatic N) is 5. The maximum Gasteiger partial charge on any atom is 0.182 e. The summed E-state index contributed by atoms with van der Waals surface area (Å²) in [5.41, 5.74) is 6.41. The molecule has 0 aliphatic carbocycles. The number of halogens is 1. The summed E-state index contributed by atoms with van der Waals surface area (Å²) in [5, 5.41) is 4.65. The second-order valence-electron chi connectivity index (χ2n) is 6.48. The Bertz CT molecular complexity index is 1280. The van der Waals surface area contributed by atoms with E-state index in [1.165, 1.54) is 0 Å². The van der Waals surface area contributed by atoms with Gasteiger partial charge in [0, 0.05) is 21.8 Å². The van der Waals surface area contributed by atoms with Gasteiger partial charge in [-0.2, -0.15) is 0 Å². The number of hydrogen-bond donors (Lipinski definition) is 1. The molecule has 7 heteroatoms. The van der Waals surface area contributed by atoms with Gasteiger partial charge in [0.05, 0.1) is 22.4 Å². The van der Waals surface area contributed by atoms with Crippen LogP contribution in [0.5, 0.6) is 0 Å². The molecule has 0 amide bonds. The Morgan fingerprint density at radius 1 is 1.00 bits per heavy atom. The third kappa shape index (κ3) is 2.71. The number of H-pyrrole nitrogens is 1. The van der Waals surface area contributed by atoms with Gasteiger partial charge in [-0.05, 0) is 44.2 Å². The quantitative estimate of drug-likeness (QED) is 0.450. The molecule has 6 nitrogen and oxygen atoms in total. The van der Waals surface area contributed by atoms with Crippen LogP contribution < -0.4 is 0 Å². The standard InChI is InChI=1S/C20H15BrN6/c1-11-10-22-12(2)20-25-19(26-27(11)20)14-6-7-16-17(9-14)24-18(23-16)13-4-3-5-15(21)8-13/h3-10H,1-2H3,(H,23,24). The van der Waals surface area contributed by atoms with Gasteiger partial charge in [0.2, 0.25) is 0 Å². The predicted octanol–water partition coefficient (Wildman–Crippen LogP) is 4.71. The molecule has 0 unspecified atom stereocenters. The smallest absolute Gasteiger partial charge is 0.182 e. The molecule has 132 valence electrons. The summed E-state index contributed by atoms with van der Waals surface area (Å²) in [5.74, 6) is 1.51. The molecule has 0 fully saturated rings. The molecule has 0 aliphatic heterocycles. The lowest BCUT2D eigenvalue weighted by molar-refractivity contribution is 0.891. The molecular weight excluding hydrogens is 404 g/mol. The monoisotopic (exact) mass is 418 g/mol. The van der Waals surface area contributed by atoms with Crippen LogP contribution in [-0.4, -0.2) is 29.5 Å². The first-order valence-corrected chi connectivity index (χ1v) is 9.33. The molecule has 0 spiro atoms. The van der Waals surface area contributed by atoms with E-state index < -0.39 is 0 Å². The van der Waals surface area contributed by atoms with E-state index >= 15 is 0 Å². The maximum atomic E-state index is 4.75. The molecule has 5 rings (SSSR count). The highest BCUT2D eigenvalue weighted by molar-refractivity contribution is 9.10. The van der Waals surface area contributed by atoms with Gasteiger partial charge in [-0.15, -0.1) is 5.10 Å². The Morgan fingerprint density at radius 3 is 2.70 bits per heavy atom. The van der Waals surface area contributed by atoms with Gasteiger partial charge >= 0.3 is 0 Å². The Hall–Kier alpha value is -3.06. The van der Waals surface area contributed by atoms with Crippen LogP contribution in [0.4, 0.5) is 0 Å². The first-order valence-electron chi connectivity index (χ1n) is 8.53. The van der Waals surface area contributed by atoms with E-state index in [1.807, 2.05) is 67.0 Å². The Labute approximate surface area is 163 Å². The number of imidazole rings is 1. The largest absolute Gasteiger partial charge is 0.338 e. The second kappa shape index (κ2) is 5.99. The number of benzene rings is 2. The fourth-order valence-electron chi connectivity index (χ4n) is 3.13. The van der Waals surface area contributed by atoms with Crippen LogP contribution in [-0.2, 0) is 0 Å². The molecule has 0 saturated carbocycles. The van der Waals surface area contributed by atoms with Crippen LogP contribution in [0.3, 0.4) is 0 Å². The molecule has 27 heavy (non-hydrogen) atoms. The van der Waals surface area contributed by atoms with Crippen molar-refractivity contribution in [3.8, 4) is 22.8 Å². The molecule has 3 aromatic heterocycles. The molecule has 0 aliphatic rings. The number of aromatic nitrogens is 6. The van der Waals surface area contributed by atoms with Crippen molar-refractivity contribution in [1.29, 1.82) is 0 Å². The van der Waals surface area contributed by atoms with Gasteiger partial charge in [0.1, 0.15) is 5.82 Å². The van der Waals surface area contributed by atoms with Crippen LogP contribution in [0, 0.1) is 13.8 Å². The highest BCUT2D eigenvalue weighted by Gasteiger charge is 2.13. The normalized spacial score (nSPS) is 11.5. The number of aryl methyl sites for hydroxylation is 2. The number of fused-ring (bicyclic) bond motifs is 2. The van der Waals surface area contributed by atoms with Crippen molar-refractivity contribution in [2.75, 3.05) is 0 Å². The lowest BCUT2D eigenvalue weighted by Gasteiger charge is -1.97. The van der Waals surface area contributed by atoms with E-state index in [-0.39, 0.29) is 0 Å². The average molecular weight is 419 g/mol. The maximum absolute atomic E-state index is 4.75. The van der Waals surface area contributed by atoms with Crippen molar-refractivity contribution < 1.29 is 0 Å². The van der Waals surface area contributed by atoms with E-state index in [2.05, 4.69) is 36.0 Å². The van der Waals surface area contributed by atoms with Crippen molar-refractivity contribution in [2.45, 2.75) is 13.8 Å². The highest BCUT2D eigenvalue weighted by Crippen LogP contribution is 2.26. The van der Waals surface area contributed by atoms with Crippen molar-refractivity contribution in [3.63, 3.8) is 0 Å². The zero-order valence-electron chi connectivity index (χ0n) is 14.7. The summed E-state index contributed by atoms with van der Waals surface area (Å²) in [6, 6.07) is 14.1. The van der Waals surface area contributed by atoms with Gasteiger partial charge in [0.15, 0.2) is 11.5 Å². The second-order valence-corrected chi connectivity index (χ2v) is 7.40. The van der Waals surface area contributed by atoms with Crippen LogP contribution in [0.2, 0.25) is 0 Å². The Morgan fingerprint density at radius 2 is 1.89 bits per heavy atom. The predicted molar refractivity (Wildman–Crippen MR) is 108 cm³/mol. The lowest BCUT2D eigenvalue weighted by atomic mass is 10.2. The third-order valence-corrected chi connectivity index (χ3v) is 5.04. The molecule has 5 aromatic rings. The molecule has 0 atom stereocenters. The molecule has 0 saturated heterocycles. The van der Waals surface area contributed by atoms with E-state index in [0.29, 0.717) is 5.82 Å². The lowest BCUT2D eigenvalue weighted by Crippen LogP contribution is -1.97. The van der Waals surface area contributed by atoms with E-state index in [9.17, 15) is 0 Å². The molecule has 1 N–H and O–H groups in total. The first kappa shape index (κ1) is 16.1. The minimum atomic E-state index is 0.670. The summed E-state index contributed by atoms with van der Waals surface area (Å²) in [7, 11) is 0. The SMILES string of the molecule is Cc1ncc(C)n2nc(-c3ccc4[nH]c(-c5cccc(Br)c5)nc4c3)nc12. The first-order chi connectivity index (χ1) is 13.1. The number of rotatable bonds is 2. The van der Waals surface area contributed by atoms with Gasteiger partial charge in [0.25, 0.3) is 0 Å². The van der Waals surface area contributed by atoms with Crippen LogP contribution in [0.15, 0.2) is 53.1 Å². The molecule has 2 aromatic carbocycles. The summed E-state index contributed by atoms with van der Waals surface area (Å²) in [6.45, 7) is 3.91. The minimum Gasteiger partial charge on any atom is -0.338 e. The number of aromatic amines is 1. The minimum absolute atomic E-state index is 0.670. The summed E-state index contributed by atoms with van der Waals surface area (Å²) in [6.07, 6.45) is 1.81. The number of nitrogens with one attached hydrogen (secondary N) is 1. The zero-order valence-corrected chi connectivity index (χ0v) is 16.3. The summed E-state index contributed by atoms with van der Waals surface area (Å²) in [4.78, 5) is 17.2. The van der Waals surface area contributed by atoms with E-state index in [4.69, 9.17) is 4.98 Å². The molecule has 0 radical (unpaired) electrons. The highest BCUT2D eigenvalue weighted by atomic mass is 79.9. The third-order valence-electron chi connectivity index (χ3n) is 4.55. The summed E-state index contributed by atoms with van der Waals surface area (Å²) >= 11 is 3.51. The summed E-state index contributed by atoms with van der Waals surface area (Å²) < 4.78 is 2.86. The van der Waals surface area contributed by atoms with Crippen LogP contribution in [0.1, 0.15) is 11.4 Å². The topological polar surface area (TPSA) is 71.8 Å². The van der Waals surface area contributed by atoms with Gasteiger partial charge < -0.3 is 4.98 Å². The van der Waals surface area contributed by atoms with E-state index in [0.717, 1.165) is 49.5 Å². The van der Waals surface area contributed by atoms with Crippen molar-refractivity contribution in [3.05, 3.63) is 64.5 Å². The molecule has 3 heterocycles. The average Bonchev–Trinajstić information content (AvgIpc) is 3.29. The van der Waals surface area contributed by atoms with Crippen LogP contribution >= 0.6 is 15.9 Å².